The first kappa shape index (κ1) is 20.1. The lowest BCUT2D eigenvalue weighted by Gasteiger charge is -2.56. The number of carbonyl (C=O) groups is 2. The van der Waals surface area contributed by atoms with Crippen LogP contribution in [0, 0.1) is 17.8 Å². The van der Waals surface area contributed by atoms with E-state index in [4.69, 9.17) is 0 Å². The van der Waals surface area contributed by atoms with Crippen molar-refractivity contribution in [2.45, 2.75) is 61.4 Å². The molecule has 1 unspecified atom stereocenters. The van der Waals surface area contributed by atoms with Crippen molar-refractivity contribution in [1.82, 2.24) is 25.4 Å². The van der Waals surface area contributed by atoms with Gasteiger partial charge in [0.2, 0.25) is 5.91 Å². The molecule has 2 aromatic heterocycles. The van der Waals surface area contributed by atoms with Crippen molar-refractivity contribution in [3.63, 3.8) is 0 Å². The van der Waals surface area contributed by atoms with Crippen LogP contribution >= 0.6 is 23.1 Å². The summed E-state index contributed by atoms with van der Waals surface area (Å²) < 4.78 is 1.88. The highest BCUT2D eigenvalue weighted by Gasteiger charge is 2.51. The molecule has 2 aromatic rings. The molecule has 4 aliphatic rings. The van der Waals surface area contributed by atoms with E-state index in [9.17, 15) is 9.59 Å². The number of nitrogens with one attached hydrogen (secondary N) is 2. The zero-order valence-corrected chi connectivity index (χ0v) is 18.9. The SMILES string of the molecule is CC(Sc1nnc(-c2cccs2)n1C)C(=O)NC(=O)NC12CC3CC(CC(C3)C1)C2. The number of thiophene rings is 1. The van der Waals surface area contributed by atoms with Gasteiger partial charge in [0.25, 0.3) is 0 Å². The Morgan fingerprint density at radius 1 is 1.20 bits per heavy atom. The van der Waals surface area contributed by atoms with Crippen LogP contribution in [0.5, 0.6) is 0 Å². The van der Waals surface area contributed by atoms with Gasteiger partial charge in [0.15, 0.2) is 11.0 Å². The van der Waals surface area contributed by atoms with Crippen LogP contribution in [0.4, 0.5) is 4.79 Å². The first-order valence-electron chi connectivity index (χ1n) is 10.6. The maximum atomic E-state index is 12.6. The number of thioether (sulfide) groups is 1. The molecule has 9 heteroatoms. The summed E-state index contributed by atoms with van der Waals surface area (Å²) in [4.78, 5) is 26.3. The van der Waals surface area contributed by atoms with Crippen molar-refractivity contribution in [1.29, 1.82) is 0 Å². The minimum absolute atomic E-state index is 0.102. The predicted molar refractivity (Wildman–Crippen MR) is 117 cm³/mol. The standard InChI is InChI=1S/C21H27N5O2S2/c1-12(30-20-25-24-17(26(20)2)16-4-3-5-29-16)18(27)22-19(28)23-21-9-13-6-14(10-21)8-15(7-13)11-21/h3-5,12-15H,6-11H2,1-2H3,(H2,22,23,27,28). The van der Waals surface area contributed by atoms with Crippen molar-refractivity contribution < 1.29 is 9.59 Å². The Morgan fingerprint density at radius 2 is 1.87 bits per heavy atom. The molecule has 0 aliphatic heterocycles. The quantitative estimate of drug-likeness (QED) is 0.683. The fourth-order valence-corrected chi connectivity index (χ4v) is 7.56. The number of amides is 3. The molecule has 0 spiro atoms. The highest BCUT2D eigenvalue weighted by molar-refractivity contribution is 8.00. The van der Waals surface area contributed by atoms with E-state index in [-0.39, 0.29) is 17.5 Å². The van der Waals surface area contributed by atoms with Crippen LogP contribution in [0.1, 0.15) is 45.4 Å². The first-order chi connectivity index (χ1) is 14.4. The van der Waals surface area contributed by atoms with E-state index < -0.39 is 5.25 Å². The monoisotopic (exact) mass is 445 g/mol. The lowest BCUT2D eigenvalue weighted by atomic mass is 9.53. The van der Waals surface area contributed by atoms with Gasteiger partial charge in [0.1, 0.15) is 0 Å². The number of urea groups is 1. The van der Waals surface area contributed by atoms with Gasteiger partial charge in [0, 0.05) is 12.6 Å². The second kappa shape index (κ2) is 7.67. The average Bonchev–Trinajstić information content (AvgIpc) is 3.30. The summed E-state index contributed by atoms with van der Waals surface area (Å²) in [7, 11) is 1.89. The van der Waals surface area contributed by atoms with Gasteiger partial charge in [-0.2, -0.15) is 0 Å². The maximum Gasteiger partial charge on any atom is 0.321 e. The highest BCUT2D eigenvalue weighted by Crippen LogP contribution is 2.55. The van der Waals surface area contributed by atoms with Crippen LogP contribution in [0.3, 0.4) is 0 Å². The molecule has 4 bridgehead atoms. The van der Waals surface area contributed by atoms with Gasteiger partial charge < -0.3 is 9.88 Å². The summed E-state index contributed by atoms with van der Waals surface area (Å²) in [6, 6.07) is 3.61. The second-order valence-electron chi connectivity index (χ2n) is 9.24. The van der Waals surface area contributed by atoms with E-state index >= 15 is 0 Å². The molecule has 30 heavy (non-hydrogen) atoms. The van der Waals surface area contributed by atoms with Crippen molar-refractivity contribution in [2.24, 2.45) is 24.8 Å². The molecular formula is C21H27N5O2S2. The zero-order valence-electron chi connectivity index (χ0n) is 17.3. The average molecular weight is 446 g/mol. The number of imide groups is 1. The Morgan fingerprint density at radius 3 is 2.47 bits per heavy atom. The van der Waals surface area contributed by atoms with Crippen LogP contribution in [-0.2, 0) is 11.8 Å². The van der Waals surface area contributed by atoms with Gasteiger partial charge in [-0.25, -0.2) is 4.79 Å². The van der Waals surface area contributed by atoms with Crippen LogP contribution in [0.2, 0.25) is 0 Å². The van der Waals surface area contributed by atoms with Crippen LogP contribution < -0.4 is 10.6 Å². The minimum atomic E-state index is -0.453. The van der Waals surface area contributed by atoms with E-state index in [1.807, 2.05) is 29.1 Å². The third kappa shape index (κ3) is 3.77. The molecule has 0 radical (unpaired) electrons. The summed E-state index contributed by atoms with van der Waals surface area (Å²) in [6.07, 6.45) is 7.15. The van der Waals surface area contributed by atoms with Gasteiger partial charge in [-0.05, 0) is 74.6 Å². The Kier molecular flexibility index (Phi) is 5.13. The number of aromatic nitrogens is 3. The molecule has 6 rings (SSSR count). The van der Waals surface area contributed by atoms with E-state index in [0.717, 1.165) is 47.7 Å². The number of hydrogen-bond donors (Lipinski definition) is 2. The summed E-state index contributed by atoms with van der Waals surface area (Å²) in [5.74, 6) is 2.71. The van der Waals surface area contributed by atoms with E-state index in [2.05, 4.69) is 20.8 Å². The molecule has 2 N–H and O–H groups in total. The Labute approximate surface area is 184 Å². The van der Waals surface area contributed by atoms with Crippen molar-refractivity contribution in [3.05, 3.63) is 17.5 Å². The van der Waals surface area contributed by atoms with Gasteiger partial charge in [0.05, 0.1) is 10.1 Å². The molecular weight excluding hydrogens is 418 g/mol. The van der Waals surface area contributed by atoms with Crippen LogP contribution in [0.25, 0.3) is 10.7 Å². The summed E-state index contributed by atoms with van der Waals surface area (Å²) in [5, 5.41) is 16.4. The van der Waals surface area contributed by atoms with Gasteiger partial charge in [-0.1, -0.05) is 17.8 Å². The van der Waals surface area contributed by atoms with Crippen molar-refractivity contribution in [3.8, 4) is 10.7 Å². The fourth-order valence-electron chi connectivity index (χ4n) is 6.00. The van der Waals surface area contributed by atoms with E-state index in [1.54, 1.807) is 18.3 Å². The first-order valence-corrected chi connectivity index (χ1v) is 12.4. The molecule has 4 aliphatic carbocycles. The summed E-state index contributed by atoms with van der Waals surface area (Å²) in [5.41, 5.74) is -0.102. The largest absolute Gasteiger partial charge is 0.332 e. The minimum Gasteiger partial charge on any atom is -0.332 e. The third-order valence-electron chi connectivity index (χ3n) is 6.88. The molecule has 160 valence electrons. The van der Waals surface area contributed by atoms with Crippen molar-refractivity contribution >= 4 is 35.0 Å². The molecule has 4 saturated carbocycles. The van der Waals surface area contributed by atoms with Crippen LogP contribution in [-0.4, -0.2) is 37.5 Å². The summed E-state index contributed by atoms with van der Waals surface area (Å²) >= 11 is 2.91. The van der Waals surface area contributed by atoms with Crippen LogP contribution in [0.15, 0.2) is 22.7 Å². The zero-order chi connectivity index (χ0) is 20.9. The topological polar surface area (TPSA) is 88.9 Å². The molecule has 0 saturated heterocycles. The number of carbonyl (C=O) groups excluding carboxylic acids is 2. The highest BCUT2D eigenvalue weighted by atomic mass is 32.2. The van der Waals surface area contributed by atoms with E-state index in [0.29, 0.717) is 5.16 Å². The van der Waals surface area contributed by atoms with Crippen molar-refractivity contribution in [2.75, 3.05) is 0 Å². The smallest absolute Gasteiger partial charge is 0.321 e. The lowest BCUT2D eigenvalue weighted by molar-refractivity contribution is -0.119. The maximum absolute atomic E-state index is 12.6. The number of rotatable bonds is 5. The third-order valence-corrected chi connectivity index (χ3v) is 8.88. The van der Waals surface area contributed by atoms with Gasteiger partial charge in [-0.15, -0.1) is 21.5 Å². The molecule has 7 nitrogen and oxygen atoms in total. The van der Waals surface area contributed by atoms with Gasteiger partial charge in [-0.3, -0.25) is 10.1 Å². The predicted octanol–water partition coefficient (Wildman–Crippen LogP) is 3.82. The number of hydrogen-bond acceptors (Lipinski definition) is 6. The normalized spacial score (nSPS) is 30.3. The Hall–Kier alpha value is -1.87. The molecule has 1 atom stereocenters. The molecule has 3 amide bonds. The number of nitrogens with zero attached hydrogens (tertiary/aromatic N) is 3. The summed E-state index contributed by atoms with van der Waals surface area (Å²) in [6.45, 7) is 1.79. The lowest BCUT2D eigenvalue weighted by Crippen LogP contribution is -2.62. The molecule has 2 heterocycles. The fraction of sp³-hybridized carbons (Fsp3) is 0.619. The Balaban J connectivity index is 1.18. The van der Waals surface area contributed by atoms with E-state index in [1.165, 1.54) is 31.0 Å². The molecule has 4 fully saturated rings. The Bertz CT molecular complexity index is 919. The molecule has 0 aromatic carbocycles. The second-order valence-corrected chi connectivity index (χ2v) is 11.5. The van der Waals surface area contributed by atoms with Gasteiger partial charge >= 0.3 is 6.03 Å².